The molecule has 2 aromatic carbocycles. The molecular formula is C15H15ClFNS. The molecule has 1 nitrogen and oxygen atoms in total. The van der Waals surface area contributed by atoms with E-state index in [0.29, 0.717) is 10.7 Å². The second-order valence-electron chi connectivity index (χ2n) is 4.26. The van der Waals surface area contributed by atoms with Crippen molar-refractivity contribution in [3.63, 3.8) is 0 Å². The van der Waals surface area contributed by atoms with E-state index in [0.717, 1.165) is 5.56 Å². The number of thioether (sulfide) groups is 1. The highest BCUT2D eigenvalue weighted by Crippen LogP contribution is 2.25. The summed E-state index contributed by atoms with van der Waals surface area (Å²) in [6.07, 6.45) is 2.04. The Labute approximate surface area is 122 Å². The van der Waals surface area contributed by atoms with Crippen LogP contribution in [0.2, 0.25) is 5.02 Å². The second kappa shape index (κ2) is 6.31. The molecule has 0 aliphatic carbocycles. The maximum atomic E-state index is 13.7. The third kappa shape index (κ3) is 3.64. The Kier molecular flexibility index (Phi) is 4.72. The molecule has 0 saturated carbocycles. The van der Waals surface area contributed by atoms with Gasteiger partial charge in [0, 0.05) is 16.0 Å². The molecule has 2 aromatic rings. The third-order valence-corrected chi connectivity index (χ3v) is 3.90. The largest absolute Gasteiger partial charge is 0.376 e. The summed E-state index contributed by atoms with van der Waals surface area (Å²) in [5.74, 6) is -0.333. The fraction of sp³-hybridized carbons (Fsp3) is 0.200. The summed E-state index contributed by atoms with van der Waals surface area (Å²) < 4.78 is 13.7. The molecule has 1 N–H and O–H groups in total. The number of hydrogen-bond acceptors (Lipinski definition) is 2. The summed E-state index contributed by atoms with van der Waals surface area (Å²) in [5.41, 5.74) is 1.58. The molecule has 0 aromatic heterocycles. The lowest BCUT2D eigenvalue weighted by molar-refractivity contribution is 0.627. The van der Waals surface area contributed by atoms with Crippen LogP contribution in [0.15, 0.2) is 47.4 Å². The molecule has 19 heavy (non-hydrogen) atoms. The number of halogens is 2. The molecule has 0 heterocycles. The predicted molar refractivity (Wildman–Crippen MR) is 81.7 cm³/mol. The molecule has 2 rings (SSSR count). The fourth-order valence-corrected chi connectivity index (χ4v) is 2.38. The van der Waals surface area contributed by atoms with E-state index < -0.39 is 0 Å². The van der Waals surface area contributed by atoms with E-state index >= 15 is 0 Å². The van der Waals surface area contributed by atoms with Crippen molar-refractivity contribution in [3.8, 4) is 0 Å². The van der Waals surface area contributed by atoms with Crippen LogP contribution in [0.4, 0.5) is 10.1 Å². The van der Waals surface area contributed by atoms with Gasteiger partial charge in [-0.25, -0.2) is 4.39 Å². The molecule has 100 valence electrons. The summed E-state index contributed by atoms with van der Waals surface area (Å²) >= 11 is 7.44. The highest BCUT2D eigenvalue weighted by molar-refractivity contribution is 7.98. The van der Waals surface area contributed by atoms with Crippen LogP contribution < -0.4 is 5.32 Å². The zero-order chi connectivity index (χ0) is 13.8. The number of rotatable bonds is 4. The van der Waals surface area contributed by atoms with Crippen molar-refractivity contribution < 1.29 is 4.39 Å². The van der Waals surface area contributed by atoms with Crippen molar-refractivity contribution in [2.75, 3.05) is 11.6 Å². The summed E-state index contributed by atoms with van der Waals surface area (Å²) in [5, 5.41) is 3.55. The van der Waals surface area contributed by atoms with Crippen LogP contribution in [0.5, 0.6) is 0 Å². The van der Waals surface area contributed by atoms with Gasteiger partial charge in [0.2, 0.25) is 0 Å². The van der Waals surface area contributed by atoms with E-state index in [1.807, 2.05) is 13.2 Å². The maximum absolute atomic E-state index is 13.7. The van der Waals surface area contributed by atoms with Gasteiger partial charge >= 0.3 is 0 Å². The molecule has 0 amide bonds. The summed E-state index contributed by atoms with van der Waals surface area (Å²) in [4.78, 5) is 1.22. The Morgan fingerprint density at radius 1 is 1.16 bits per heavy atom. The first-order valence-corrected chi connectivity index (χ1v) is 7.56. The van der Waals surface area contributed by atoms with E-state index in [4.69, 9.17) is 11.6 Å². The van der Waals surface area contributed by atoms with E-state index in [9.17, 15) is 4.39 Å². The zero-order valence-electron chi connectivity index (χ0n) is 10.8. The van der Waals surface area contributed by atoms with Gasteiger partial charge in [0.25, 0.3) is 0 Å². The number of hydrogen-bond donors (Lipinski definition) is 1. The Balaban J connectivity index is 2.13. The molecule has 0 spiro atoms. The molecule has 0 bridgehead atoms. The van der Waals surface area contributed by atoms with Crippen molar-refractivity contribution in [1.82, 2.24) is 0 Å². The average Bonchev–Trinajstić information content (AvgIpc) is 2.42. The smallest absolute Gasteiger partial charge is 0.147 e. The van der Waals surface area contributed by atoms with Gasteiger partial charge in [-0.15, -0.1) is 11.8 Å². The van der Waals surface area contributed by atoms with Gasteiger partial charge in [0.15, 0.2) is 0 Å². The predicted octanol–water partition coefficient (Wildman–Crippen LogP) is 5.37. The number of benzene rings is 2. The van der Waals surface area contributed by atoms with Gasteiger partial charge in [-0.3, -0.25) is 0 Å². The zero-order valence-corrected chi connectivity index (χ0v) is 12.4. The van der Waals surface area contributed by atoms with Crippen LogP contribution >= 0.6 is 23.4 Å². The van der Waals surface area contributed by atoms with Crippen molar-refractivity contribution in [1.29, 1.82) is 0 Å². The Bertz CT molecular complexity index is 557. The van der Waals surface area contributed by atoms with E-state index in [1.54, 1.807) is 23.9 Å². The van der Waals surface area contributed by atoms with E-state index in [1.165, 1.54) is 11.0 Å². The van der Waals surface area contributed by atoms with E-state index in [-0.39, 0.29) is 11.9 Å². The first-order chi connectivity index (χ1) is 9.10. The van der Waals surface area contributed by atoms with Gasteiger partial charge in [-0.1, -0.05) is 23.7 Å². The van der Waals surface area contributed by atoms with Crippen LogP contribution in [-0.4, -0.2) is 6.26 Å². The molecule has 4 heteroatoms. The molecule has 0 saturated heterocycles. The van der Waals surface area contributed by atoms with E-state index in [2.05, 4.69) is 29.6 Å². The van der Waals surface area contributed by atoms with Gasteiger partial charge in [-0.05, 0) is 49.1 Å². The monoisotopic (exact) mass is 295 g/mol. The quantitative estimate of drug-likeness (QED) is 0.761. The van der Waals surface area contributed by atoms with Gasteiger partial charge in [-0.2, -0.15) is 0 Å². The highest BCUT2D eigenvalue weighted by atomic mass is 35.5. The van der Waals surface area contributed by atoms with Crippen molar-refractivity contribution in [2.24, 2.45) is 0 Å². The van der Waals surface area contributed by atoms with Gasteiger partial charge < -0.3 is 5.32 Å². The third-order valence-electron chi connectivity index (χ3n) is 2.92. The van der Waals surface area contributed by atoms with Crippen LogP contribution in [-0.2, 0) is 0 Å². The van der Waals surface area contributed by atoms with Crippen LogP contribution in [0, 0.1) is 5.82 Å². The minimum atomic E-state index is -0.333. The van der Waals surface area contributed by atoms with Crippen LogP contribution in [0.1, 0.15) is 18.5 Å². The molecule has 0 fully saturated rings. The Morgan fingerprint density at radius 3 is 2.42 bits per heavy atom. The first kappa shape index (κ1) is 14.2. The summed E-state index contributed by atoms with van der Waals surface area (Å²) in [6, 6.07) is 12.9. The summed E-state index contributed by atoms with van der Waals surface area (Å²) in [6.45, 7) is 2.00. The molecular weight excluding hydrogens is 281 g/mol. The van der Waals surface area contributed by atoms with Crippen molar-refractivity contribution in [2.45, 2.75) is 17.9 Å². The topological polar surface area (TPSA) is 12.0 Å². The fourth-order valence-electron chi connectivity index (χ4n) is 1.82. The molecule has 1 atom stereocenters. The minimum absolute atomic E-state index is 0.0339. The van der Waals surface area contributed by atoms with Crippen molar-refractivity contribution in [3.05, 3.63) is 58.9 Å². The standard InChI is InChI=1S/C15H15ClFNS/c1-10(11-3-6-13(19-2)7-4-11)18-15-8-5-12(16)9-14(15)17/h3-10,18H,1-2H3. The molecule has 0 radical (unpaired) electrons. The van der Waals surface area contributed by atoms with Crippen LogP contribution in [0.3, 0.4) is 0 Å². The average molecular weight is 296 g/mol. The van der Waals surface area contributed by atoms with Crippen molar-refractivity contribution >= 4 is 29.1 Å². The maximum Gasteiger partial charge on any atom is 0.147 e. The molecule has 0 aliphatic rings. The minimum Gasteiger partial charge on any atom is -0.376 e. The van der Waals surface area contributed by atoms with Gasteiger partial charge in [0.1, 0.15) is 5.82 Å². The highest BCUT2D eigenvalue weighted by Gasteiger charge is 2.08. The lowest BCUT2D eigenvalue weighted by Crippen LogP contribution is -2.07. The Morgan fingerprint density at radius 2 is 1.84 bits per heavy atom. The number of nitrogens with one attached hydrogen (secondary N) is 1. The normalized spacial score (nSPS) is 12.2. The number of anilines is 1. The lowest BCUT2D eigenvalue weighted by Gasteiger charge is -2.16. The SMILES string of the molecule is CSc1ccc(C(C)Nc2ccc(Cl)cc2F)cc1. The summed E-state index contributed by atoms with van der Waals surface area (Å²) in [7, 11) is 0. The van der Waals surface area contributed by atoms with Crippen LogP contribution in [0.25, 0.3) is 0 Å². The molecule has 1 unspecified atom stereocenters. The lowest BCUT2D eigenvalue weighted by atomic mass is 10.1. The van der Waals surface area contributed by atoms with Gasteiger partial charge in [0.05, 0.1) is 5.69 Å². The second-order valence-corrected chi connectivity index (χ2v) is 5.58. The first-order valence-electron chi connectivity index (χ1n) is 5.95. The Hall–Kier alpha value is -1.19. The molecule has 0 aliphatic heterocycles.